The molecule has 1 aromatic carbocycles. The van der Waals surface area contributed by atoms with Crippen molar-refractivity contribution < 1.29 is 58.2 Å². The lowest BCUT2D eigenvalue weighted by molar-refractivity contribution is -0.240. The molecule has 4 heterocycles. The fraction of sp³-hybridized carbons (Fsp3) is 0.630. The summed E-state index contributed by atoms with van der Waals surface area (Å²) in [7, 11) is 0. The summed E-state index contributed by atoms with van der Waals surface area (Å²) in [6.45, 7) is 6.63. The highest BCUT2D eigenvalue weighted by Crippen LogP contribution is 2.85. The molecular weight excluding hydrogens is 516 g/mol. The molecule has 12 nitrogen and oxygen atoms in total. The standard InChI is InChI=1S/C27H28O12/c1-10-18(30)36-17-16(35-19(31)11-8-6-5-7-9-11)25-15-12(28)13(23(2,3)4)24(25)14(29)20(32)38-22(24)39-27(25,21(33)37-15)26(10,17)34/h5-10,12-17,22,28-29,34H,1-4H3/t10-,12-,13?,14+,15?,16+,17?,22?,24?,25?,26-,27?/m1/s1. The Morgan fingerprint density at radius 1 is 0.974 bits per heavy atom. The van der Waals surface area contributed by atoms with Crippen LogP contribution >= 0.6 is 0 Å². The van der Waals surface area contributed by atoms with Crippen LogP contribution in [-0.2, 0) is 38.1 Å². The maximum atomic E-state index is 13.9. The number of aliphatic hydroxyl groups is 3. The van der Waals surface area contributed by atoms with Gasteiger partial charge in [0.05, 0.1) is 23.0 Å². The van der Waals surface area contributed by atoms with E-state index in [0.29, 0.717) is 0 Å². The van der Waals surface area contributed by atoms with Crippen molar-refractivity contribution in [2.24, 2.45) is 28.1 Å². The Morgan fingerprint density at radius 2 is 1.64 bits per heavy atom. The fourth-order valence-corrected chi connectivity index (χ4v) is 9.14. The van der Waals surface area contributed by atoms with Gasteiger partial charge in [0, 0.05) is 5.92 Å². The van der Waals surface area contributed by atoms with Crippen LogP contribution in [0.4, 0.5) is 0 Å². The van der Waals surface area contributed by atoms with Crippen molar-refractivity contribution in [1.29, 1.82) is 0 Å². The molecule has 2 spiro atoms. The van der Waals surface area contributed by atoms with Crippen molar-refractivity contribution in [1.82, 2.24) is 0 Å². The maximum absolute atomic E-state index is 13.9. The van der Waals surface area contributed by atoms with Gasteiger partial charge in [-0.2, -0.15) is 0 Å². The summed E-state index contributed by atoms with van der Waals surface area (Å²) in [5.41, 5.74) is -9.72. The number of fused-ring (bicyclic) bond motifs is 1. The van der Waals surface area contributed by atoms with Crippen LogP contribution in [0.5, 0.6) is 0 Å². The second-order valence-electron chi connectivity index (χ2n) is 12.5. The number of carbonyl (C=O) groups excluding carboxylic acids is 4. The number of ether oxygens (including phenoxy) is 5. The summed E-state index contributed by atoms with van der Waals surface area (Å²) in [6.07, 6.45) is -9.95. The van der Waals surface area contributed by atoms with Gasteiger partial charge in [-0.1, -0.05) is 39.0 Å². The molecule has 7 rings (SSSR count). The van der Waals surface area contributed by atoms with Crippen LogP contribution in [-0.4, -0.2) is 87.2 Å². The third-order valence-electron chi connectivity index (χ3n) is 10.2. The molecular formula is C27H28O12. The minimum atomic E-state index is -2.49. The van der Waals surface area contributed by atoms with E-state index in [1.165, 1.54) is 19.1 Å². The first-order valence-corrected chi connectivity index (χ1v) is 12.9. The molecule has 2 aliphatic carbocycles. The summed E-state index contributed by atoms with van der Waals surface area (Å²) >= 11 is 0. The van der Waals surface area contributed by atoms with Gasteiger partial charge in [-0.05, 0) is 24.5 Å². The van der Waals surface area contributed by atoms with E-state index in [-0.39, 0.29) is 5.56 Å². The number of aliphatic hydroxyl groups excluding tert-OH is 2. The molecule has 0 radical (unpaired) electrons. The number of esters is 4. The molecule has 6 fully saturated rings. The van der Waals surface area contributed by atoms with Crippen LogP contribution in [0.3, 0.4) is 0 Å². The summed E-state index contributed by atoms with van der Waals surface area (Å²) in [5, 5.41) is 35.8. The largest absolute Gasteiger partial charge is 0.456 e. The van der Waals surface area contributed by atoms with E-state index in [1.54, 1.807) is 39.0 Å². The molecule has 1 aromatic rings. The van der Waals surface area contributed by atoms with Gasteiger partial charge < -0.3 is 39.0 Å². The van der Waals surface area contributed by atoms with Gasteiger partial charge in [0.15, 0.2) is 23.9 Å². The van der Waals surface area contributed by atoms with Crippen LogP contribution in [0, 0.1) is 28.1 Å². The Labute approximate surface area is 222 Å². The molecule has 4 saturated heterocycles. The molecule has 0 aromatic heterocycles. The van der Waals surface area contributed by atoms with E-state index in [9.17, 15) is 34.5 Å². The summed E-state index contributed by atoms with van der Waals surface area (Å²) in [4.78, 5) is 53.3. The smallest absolute Gasteiger partial charge is 0.343 e. The molecule has 2 saturated carbocycles. The Hall–Kier alpha value is -3.06. The molecule has 4 aliphatic heterocycles. The minimum absolute atomic E-state index is 0.116. The third-order valence-corrected chi connectivity index (χ3v) is 10.2. The molecule has 39 heavy (non-hydrogen) atoms. The normalized spacial score (nSPS) is 50.6. The van der Waals surface area contributed by atoms with Crippen LogP contribution in [0.2, 0.25) is 0 Å². The van der Waals surface area contributed by atoms with Gasteiger partial charge in [-0.3, -0.25) is 4.79 Å². The van der Waals surface area contributed by atoms with Crippen LogP contribution in [0.15, 0.2) is 30.3 Å². The van der Waals surface area contributed by atoms with Crippen molar-refractivity contribution in [3.05, 3.63) is 35.9 Å². The highest BCUT2D eigenvalue weighted by atomic mass is 16.8. The lowest BCUT2D eigenvalue weighted by Crippen LogP contribution is -2.67. The van der Waals surface area contributed by atoms with E-state index in [2.05, 4.69) is 0 Å². The third kappa shape index (κ3) is 2.21. The second kappa shape index (κ2) is 6.98. The van der Waals surface area contributed by atoms with Crippen molar-refractivity contribution >= 4 is 23.9 Å². The zero-order valence-corrected chi connectivity index (χ0v) is 21.5. The van der Waals surface area contributed by atoms with E-state index >= 15 is 0 Å². The number of benzene rings is 1. The van der Waals surface area contributed by atoms with Crippen molar-refractivity contribution in [2.45, 2.75) is 75.7 Å². The molecule has 6 aliphatic rings. The monoisotopic (exact) mass is 544 g/mol. The molecule has 12 heteroatoms. The van der Waals surface area contributed by atoms with Gasteiger partial charge >= 0.3 is 23.9 Å². The number of rotatable bonds is 2. The van der Waals surface area contributed by atoms with Crippen LogP contribution < -0.4 is 0 Å². The summed E-state index contributed by atoms with van der Waals surface area (Å²) < 4.78 is 29.1. The predicted molar refractivity (Wildman–Crippen MR) is 123 cm³/mol. The average Bonchev–Trinajstić information content (AvgIpc) is 3.57. The van der Waals surface area contributed by atoms with Gasteiger partial charge in [0.2, 0.25) is 11.9 Å². The molecule has 3 N–H and O–H groups in total. The first-order valence-electron chi connectivity index (χ1n) is 12.9. The molecule has 208 valence electrons. The lowest BCUT2D eigenvalue weighted by Gasteiger charge is -2.47. The summed E-state index contributed by atoms with van der Waals surface area (Å²) in [5.74, 6) is -6.35. The summed E-state index contributed by atoms with van der Waals surface area (Å²) in [6, 6.07) is 7.87. The maximum Gasteiger partial charge on any atom is 0.343 e. The van der Waals surface area contributed by atoms with E-state index in [1.807, 2.05) is 0 Å². The second-order valence-corrected chi connectivity index (χ2v) is 12.5. The van der Waals surface area contributed by atoms with Gasteiger partial charge in [-0.15, -0.1) is 0 Å². The first kappa shape index (κ1) is 24.9. The van der Waals surface area contributed by atoms with Gasteiger partial charge in [0.25, 0.3) is 0 Å². The number of carbonyl (C=O) groups is 4. The van der Waals surface area contributed by atoms with E-state index in [0.717, 1.165) is 0 Å². The number of hydrogen-bond donors (Lipinski definition) is 3. The van der Waals surface area contributed by atoms with Crippen LogP contribution in [0.1, 0.15) is 38.1 Å². The fourth-order valence-electron chi connectivity index (χ4n) is 9.14. The Bertz CT molecular complexity index is 1340. The topological polar surface area (TPSA) is 175 Å². The van der Waals surface area contributed by atoms with E-state index < -0.39 is 100.0 Å². The Kier molecular flexibility index (Phi) is 4.46. The molecule has 12 atom stereocenters. The molecule has 7 unspecified atom stereocenters. The van der Waals surface area contributed by atoms with Gasteiger partial charge in [-0.25, -0.2) is 14.4 Å². The van der Waals surface area contributed by atoms with Crippen LogP contribution in [0.25, 0.3) is 0 Å². The zero-order chi connectivity index (χ0) is 28.1. The molecule has 0 bridgehead atoms. The zero-order valence-electron chi connectivity index (χ0n) is 21.5. The number of hydrogen-bond acceptors (Lipinski definition) is 12. The minimum Gasteiger partial charge on any atom is -0.456 e. The Morgan fingerprint density at radius 3 is 2.28 bits per heavy atom. The highest BCUT2D eigenvalue weighted by molar-refractivity contribution is 5.95. The predicted octanol–water partition coefficient (Wildman–Crippen LogP) is -0.534. The Balaban J connectivity index is 1.56. The SMILES string of the molecule is C[C@@H]1C(=O)OC2[C@H](OC(=O)c3ccccc3)C34C5OC(=O)C3(OC3OC(=O)[C@H](O)C34C(C(C)(C)C)[C@H]5O)[C@]21O. The van der Waals surface area contributed by atoms with Crippen molar-refractivity contribution in [3.8, 4) is 0 Å². The average molecular weight is 545 g/mol. The molecule has 0 amide bonds. The first-order chi connectivity index (χ1) is 18.2. The van der Waals surface area contributed by atoms with E-state index in [4.69, 9.17) is 23.7 Å². The highest BCUT2D eigenvalue weighted by Gasteiger charge is 3.06. The lowest BCUT2D eigenvalue weighted by atomic mass is 9.51. The van der Waals surface area contributed by atoms with Crippen molar-refractivity contribution in [3.63, 3.8) is 0 Å². The van der Waals surface area contributed by atoms with Gasteiger partial charge in [0.1, 0.15) is 11.5 Å². The van der Waals surface area contributed by atoms with Crippen molar-refractivity contribution in [2.75, 3.05) is 0 Å². The quantitative estimate of drug-likeness (QED) is 0.321.